The molecule has 9 heteroatoms. The molecule has 1 aromatic carbocycles. The minimum Gasteiger partial charge on any atom is -0.390 e. The van der Waals surface area contributed by atoms with Crippen molar-refractivity contribution in [3.8, 4) is 0 Å². The van der Waals surface area contributed by atoms with Gasteiger partial charge in [0.05, 0.1) is 11.7 Å². The van der Waals surface area contributed by atoms with Gasteiger partial charge >= 0.3 is 0 Å². The average Bonchev–Trinajstić information content (AvgIpc) is 3.31. The summed E-state index contributed by atoms with van der Waals surface area (Å²) in [6.45, 7) is 5.29. The van der Waals surface area contributed by atoms with Crippen LogP contribution in [0.3, 0.4) is 0 Å². The summed E-state index contributed by atoms with van der Waals surface area (Å²) in [6.07, 6.45) is 3.63. The van der Waals surface area contributed by atoms with Crippen LogP contribution in [0.5, 0.6) is 0 Å². The zero-order valence-electron chi connectivity index (χ0n) is 19.1. The Balaban J connectivity index is 1.16. The van der Waals surface area contributed by atoms with Crippen LogP contribution in [0, 0.1) is 0 Å². The summed E-state index contributed by atoms with van der Waals surface area (Å²) in [5.41, 5.74) is 4.08. The molecule has 1 saturated heterocycles. The van der Waals surface area contributed by atoms with Gasteiger partial charge in [-0.1, -0.05) is 24.3 Å². The van der Waals surface area contributed by atoms with Gasteiger partial charge in [-0.15, -0.1) is 0 Å². The van der Waals surface area contributed by atoms with E-state index in [1.165, 1.54) is 11.1 Å². The van der Waals surface area contributed by atoms with Crippen molar-refractivity contribution in [2.75, 3.05) is 45.8 Å². The van der Waals surface area contributed by atoms with Gasteiger partial charge in [0.1, 0.15) is 11.3 Å². The topological polar surface area (TPSA) is 102 Å². The van der Waals surface area contributed by atoms with Crippen molar-refractivity contribution in [3.63, 3.8) is 0 Å². The zero-order valence-corrected chi connectivity index (χ0v) is 19.1. The first-order chi connectivity index (χ1) is 16.6. The SMILES string of the molecule is O=C(NCC(O)CN1CCc2ccccc2C1)c1cn2cc(C(=O)N3CCNCC3)ccc2n1. The van der Waals surface area contributed by atoms with Crippen LogP contribution in [-0.4, -0.2) is 88.0 Å². The fourth-order valence-corrected chi connectivity index (χ4v) is 4.65. The van der Waals surface area contributed by atoms with Crippen LogP contribution in [0.25, 0.3) is 5.65 Å². The second-order valence-electron chi connectivity index (χ2n) is 8.97. The van der Waals surface area contributed by atoms with Gasteiger partial charge in [-0.05, 0) is 29.7 Å². The molecule has 0 radical (unpaired) electrons. The maximum absolute atomic E-state index is 12.7. The van der Waals surface area contributed by atoms with Gasteiger partial charge in [-0.2, -0.15) is 0 Å². The molecule has 2 aromatic heterocycles. The molecule has 5 rings (SSSR count). The number of fused-ring (bicyclic) bond motifs is 2. The van der Waals surface area contributed by atoms with E-state index >= 15 is 0 Å². The number of aliphatic hydroxyl groups excluding tert-OH is 1. The molecule has 1 fully saturated rings. The van der Waals surface area contributed by atoms with Crippen LogP contribution in [0.15, 0.2) is 48.8 Å². The number of aromatic nitrogens is 2. The van der Waals surface area contributed by atoms with Crippen molar-refractivity contribution >= 4 is 17.5 Å². The third kappa shape index (κ3) is 4.96. The number of aliphatic hydroxyl groups is 1. The first-order valence-corrected chi connectivity index (χ1v) is 11.8. The highest BCUT2D eigenvalue weighted by Crippen LogP contribution is 2.18. The largest absolute Gasteiger partial charge is 0.390 e. The van der Waals surface area contributed by atoms with Crippen LogP contribution >= 0.6 is 0 Å². The molecule has 9 nitrogen and oxygen atoms in total. The van der Waals surface area contributed by atoms with Crippen molar-refractivity contribution in [1.29, 1.82) is 0 Å². The standard InChI is InChI=1S/C25H30N6O3/c32-21(16-29-10-7-18-3-1-2-4-19(18)14-29)13-27-24(33)22-17-31-15-20(5-6-23(31)28-22)25(34)30-11-8-26-9-12-30/h1-6,15,17,21,26,32H,7-14,16H2,(H,27,33). The van der Waals surface area contributed by atoms with E-state index in [0.29, 0.717) is 30.8 Å². The molecule has 2 aliphatic heterocycles. The quantitative estimate of drug-likeness (QED) is 0.494. The van der Waals surface area contributed by atoms with Gasteiger partial charge < -0.3 is 25.0 Å². The van der Waals surface area contributed by atoms with E-state index in [-0.39, 0.29) is 24.1 Å². The third-order valence-corrected chi connectivity index (χ3v) is 6.51. The van der Waals surface area contributed by atoms with Gasteiger partial charge in [0, 0.05) is 64.8 Å². The highest BCUT2D eigenvalue weighted by molar-refractivity contribution is 5.95. The third-order valence-electron chi connectivity index (χ3n) is 6.51. The molecule has 34 heavy (non-hydrogen) atoms. The number of rotatable bonds is 6. The lowest BCUT2D eigenvalue weighted by Gasteiger charge is -2.30. The average molecular weight is 463 g/mol. The van der Waals surface area contributed by atoms with Crippen molar-refractivity contribution in [2.24, 2.45) is 0 Å². The molecule has 2 amide bonds. The fraction of sp³-hybridized carbons (Fsp3) is 0.400. The van der Waals surface area contributed by atoms with E-state index in [4.69, 9.17) is 0 Å². The van der Waals surface area contributed by atoms with E-state index in [0.717, 1.165) is 32.6 Å². The summed E-state index contributed by atoms with van der Waals surface area (Å²) in [6, 6.07) is 11.9. The Bertz CT molecular complexity index is 1190. The Kier molecular flexibility index (Phi) is 6.57. The molecule has 178 valence electrons. The molecular weight excluding hydrogens is 432 g/mol. The molecule has 1 unspecified atom stereocenters. The summed E-state index contributed by atoms with van der Waals surface area (Å²) in [5, 5.41) is 16.5. The molecule has 3 N–H and O–H groups in total. The number of hydrogen-bond donors (Lipinski definition) is 3. The number of piperazine rings is 1. The van der Waals surface area contributed by atoms with Crippen LogP contribution in [0.2, 0.25) is 0 Å². The van der Waals surface area contributed by atoms with E-state index < -0.39 is 6.10 Å². The van der Waals surface area contributed by atoms with Crippen molar-refractivity contribution in [1.82, 2.24) is 29.8 Å². The Hall–Kier alpha value is -3.27. The molecule has 0 aliphatic carbocycles. The lowest BCUT2D eigenvalue weighted by Crippen LogP contribution is -2.46. The monoisotopic (exact) mass is 462 g/mol. The highest BCUT2D eigenvalue weighted by Gasteiger charge is 2.21. The fourth-order valence-electron chi connectivity index (χ4n) is 4.65. The number of nitrogens with zero attached hydrogens (tertiary/aromatic N) is 4. The highest BCUT2D eigenvalue weighted by atomic mass is 16.3. The maximum Gasteiger partial charge on any atom is 0.271 e. The first kappa shape index (κ1) is 22.5. The lowest BCUT2D eigenvalue weighted by atomic mass is 10.00. The van der Waals surface area contributed by atoms with Gasteiger partial charge in [0.25, 0.3) is 11.8 Å². The Morgan fingerprint density at radius 1 is 1.06 bits per heavy atom. The summed E-state index contributed by atoms with van der Waals surface area (Å²) in [5.74, 6) is -0.367. The molecule has 0 saturated carbocycles. The number of hydrogen-bond acceptors (Lipinski definition) is 6. The molecule has 3 aromatic rings. The number of carbonyl (C=O) groups excluding carboxylic acids is 2. The summed E-state index contributed by atoms with van der Waals surface area (Å²) < 4.78 is 1.70. The summed E-state index contributed by atoms with van der Waals surface area (Å²) in [7, 11) is 0. The molecule has 1 atom stereocenters. The van der Waals surface area contributed by atoms with Gasteiger partial charge in [-0.3, -0.25) is 14.5 Å². The molecule has 0 bridgehead atoms. The smallest absolute Gasteiger partial charge is 0.271 e. The van der Waals surface area contributed by atoms with E-state index in [9.17, 15) is 14.7 Å². The van der Waals surface area contributed by atoms with Gasteiger partial charge in [0.2, 0.25) is 0 Å². The van der Waals surface area contributed by atoms with Gasteiger partial charge in [0.15, 0.2) is 0 Å². The zero-order chi connectivity index (χ0) is 23.5. The number of β-amino-alcohol motifs (C(OH)–C–C–N with tert-alkyl or cyclic N) is 1. The van der Waals surface area contributed by atoms with Crippen LogP contribution in [0.1, 0.15) is 32.0 Å². The minimum absolute atomic E-state index is 0.0217. The predicted octanol–water partition coefficient (Wildman–Crippen LogP) is 0.529. The predicted molar refractivity (Wildman–Crippen MR) is 128 cm³/mol. The molecule has 2 aliphatic rings. The minimum atomic E-state index is -0.672. The van der Waals surface area contributed by atoms with Crippen molar-refractivity contribution in [3.05, 3.63) is 71.2 Å². The van der Waals surface area contributed by atoms with Crippen molar-refractivity contribution in [2.45, 2.75) is 19.1 Å². The first-order valence-electron chi connectivity index (χ1n) is 11.8. The molecule has 4 heterocycles. The van der Waals surface area contributed by atoms with Crippen molar-refractivity contribution < 1.29 is 14.7 Å². The van der Waals surface area contributed by atoms with E-state index in [1.54, 1.807) is 28.9 Å². The number of nitrogens with one attached hydrogen (secondary N) is 2. The summed E-state index contributed by atoms with van der Waals surface area (Å²) >= 11 is 0. The van der Waals surface area contributed by atoms with Crippen LogP contribution < -0.4 is 10.6 Å². The van der Waals surface area contributed by atoms with E-state index in [2.05, 4.69) is 38.7 Å². The normalized spacial score (nSPS) is 17.4. The number of benzene rings is 1. The Morgan fingerprint density at radius 3 is 2.68 bits per heavy atom. The Labute approximate surface area is 198 Å². The molecule has 0 spiro atoms. The number of imidazole rings is 1. The summed E-state index contributed by atoms with van der Waals surface area (Å²) in [4.78, 5) is 33.8. The van der Waals surface area contributed by atoms with E-state index in [1.807, 2.05) is 11.0 Å². The van der Waals surface area contributed by atoms with Crippen LogP contribution in [-0.2, 0) is 13.0 Å². The lowest BCUT2D eigenvalue weighted by molar-refractivity contribution is 0.0735. The second-order valence-corrected chi connectivity index (χ2v) is 8.97. The Morgan fingerprint density at radius 2 is 1.85 bits per heavy atom. The van der Waals surface area contributed by atoms with Crippen LogP contribution in [0.4, 0.5) is 0 Å². The maximum atomic E-state index is 12.7. The van der Waals surface area contributed by atoms with Gasteiger partial charge in [-0.25, -0.2) is 4.98 Å². The number of amides is 2. The number of pyridine rings is 1. The number of carbonyl (C=O) groups is 2. The second kappa shape index (κ2) is 9.92. The molecular formula is C25H30N6O3.